The maximum absolute atomic E-state index is 12.7. The Morgan fingerprint density at radius 1 is 1.20 bits per heavy atom. The first-order chi connectivity index (χ1) is 12.1. The van der Waals surface area contributed by atoms with Gasteiger partial charge in [0, 0.05) is 29.2 Å². The van der Waals surface area contributed by atoms with Gasteiger partial charge in [-0.25, -0.2) is 0 Å². The SMILES string of the molecule is Cc1cc(C(=CNc2cccnc2)C(=O)Nc2ccc(Cl)cc2)no1. The van der Waals surface area contributed by atoms with Gasteiger partial charge >= 0.3 is 0 Å². The van der Waals surface area contributed by atoms with Crippen LogP contribution in [0, 0.1) is 6.92 Å². The molecule has 0 fully saturated rings. The van der Waals surface area contributed by atoms with Crippen molar-refractivity contribution < 1.29 is 9.32 Å². The van der Waals surface area contributed by atoms with Gasteiger partial charge in [-0.1, -0.05) is 16.8 Å². The Hall–Kier alpha value is -3.12. The summed E-state index contributed by atoms with van der Waals surface area (Å²) in [5, 5.41) is 10.4. The van der Waals surface area contributed by atoms with Crippen LogP contribution in [0.5, 0.6) is 0 Å². The zero-order valence-electron chi connectivity index (χ0n) is 13.4. The number of carbonyl (C=O) groups is 1. The first-order valence-electron chi connectivity index (χ1n) is 7.49. The van der Waals surface area contributed by atoms with Gasteiger partial charge in [0.2, 0.25) is 0 Å². The van der Waals surface area contributed by atoms with E-state index in [0.717, 1.165) is 5.69 Å². The van der Waals surface area contributed by atoms with Crippen LogP contribution in [0.4, 0.5) is 11.4 Å². The average Bonchev–Trinajstić information content (AvgIpc) is 3.04. The summed E-state index contributed by atoms with van der Waals surface area (Å²) in [5.41, 5.74) is 2.14. The number of nitrogens with zero attached hydrogens (tertiary/aromatic N) is 2. The largest absolute Gasteiger partial charge is 0.361 e. The van der Waals surface area contributed by atoms with E-state index in [2.05, 4.69) is 20.8 Å². The average molecular weight is 355 g/mol. The maximum atomic E-state index is 12.7. The summed E-state index contributed by atoms with van der Waals surface area (Å²) < 4.78 is 5.09. The molecule has 0 radical (unpaired) electrons. The monoisotopic (exact) mass is 354 g/mol. The molecule has 126 valence electrons. The van der Waals surface area contributed by atoms with E-state index in [1.807, 2.05) is 6.07 Å². The number of nitrogens with one attached hydrogen (secondary N) is 2. The van der Waals surface area contributed by atoms with E-state index in [9.17, 15) is 4.79 Å². The lowest BCUT2D eigenvalue weighted by molar-refractivity contribution is -0.111. The predicted molar refractivity (Wildman–Crippen MR) is 97.2 cm³/mol. The van der Waals surface area contributed by atoms with Gasteiger partial charge < -0.3 is 15.2 Å². The van der Waals surface area contributed by atoms with Crippen LogP contribution in [0.15, 0.2) is 65.6 Å². The second-order valence-corrected chi connectivity index (χ2v) is 5.66. The van der Waals surface area contributed by atoms with E-state index in [1.165, 1.54) is 0 Å². The molecule has 1 amide bonds. The molecule has 6 nitrogen and oxygen atoms in total. The van der Waals surface area contributed by atoms with Crippen molar-refractivity contribution in [3.63, 3.8) is 0 Å². The van der Waals surface area contributed by atoms with Gasteiger partial charge in [0.05, 0.1) is 17.5 Å². The van der Waals surface area contributed by atoms with E-state index < -0.39 is 0 Å². The molecule has 2 aromatic heterocycles. The number of rotatable bonds is 5. The summed E-state index contributed by atoms with van der Waals surface area (Å²) in [5.74, 6) is 0.286. The quantitative estimate of drug-likeness (QED) is 0.673. The Balaban J connectivity index is 1.85. The second-order valence-electron chi connectivity index (χ2n) is 5.23. The molecule has 3 rings (SSSR count). The zero-order valence-corrected chi connectivity index (χ0v) is 14.1. The number of pyridine rings is 1. The van der Waals surface area contributed by atoms with Crippen molar-refractivity contribution in [3.8, 4) is 0 Å². The number of hydrogen-bond donors (Lipinski definition) is 2. The summed E-state index contributed by atoms with van der Waals surface area (Å²) >= 11 is 5.86. The molecule has 25 heavy (non-hydrogen) atoms. The third-order valence-corrected chi connectivity index (χ3v) is 3.55. The minimum Gasteiger partial charge on any atom is -0.361 e. The molecule has 0 saturated heterocycles. The molecule has 2 N–H and O–H groups in total. The Kier molecular flexibility index (Phi) is 5.11. The Morgan fingerprint density at radius 2 is 2.00 bits per heavy atom. The Labute approximate surface area is 149 Å². The van der Waals surface area contributed by atoms with Crippen molar-refractivity contribution in [1.29, 1.82) is 0 Å². The highest BCUT2D eigenvalue weighted by Gasteiger charge is 2.16. The normalized spacial score (nSPS) is 11.2. The van der Waals surface area contributed by atoms with Crippen molar-refractivity contribution in [2.45, 2.75) is 6.92 Å². The molecule has 0 unspecified atom stereocenters. The lowest BCUT2D eigenvalue weighted by Crippen LogP contribution is -2.15. The van der Waals surface area contributed by atoms with Crippen molar-refractivity contribution in [1.82, 2.24) is 10.1 Å². The number of aryl methyl sites for hydroxylation is 1. The van der Waals surface area contributed by atoms with Crippen LogP contribution in [-0.4, -0.2) is 16.0 Å². The summed E-state index contributed by atoms with van der Waals surface area (Å²) in [7, 11) is 0. The number of carbonyl (C=O) groups excluding carboxylic acids is 1. The second kappa shape index (κ2) is 7.63. The predicted octanol–water partition coefficient (Wildman–Crippen LogP) is 4.12. The summed E-state index contributed by atoms with van der Waals surface area (Å²) in [4.78, 5) is 16.7. The Morgan fingerprint density at radius 3 is 2.64 bits per heavy atom. The minimum atomic E-state index is -0.327. The highest BCUT2D eigenvalue weighted by molar-refractivity contribution is 6.30. The molecule has 0 spiro atoms. The Bertz CT molecular complexity index is 889. The summed E-state index contributed by atoms with van der Waals surface area (Å²) in [6.45, 7) is 1.76. The molecule has 0 aliphatic rings. The smallest absolute Gasteiger partial charge is 0.259 e. The van der Waals surface area contributed by atoms with E-state index in [4.69, 9.17) is 16.1 Å². The number of halogens is 1. The van der Waals surface area contributed by atoms with E-state index in [0.29, 0.717) is 27.7 Å². The molecule has 0 aliphatic heterocycles. The third kappa shape index (κ3) is 4.45. The number of amides is 1. The van der Waals surface area contributed by atoms with E-state index >= 15 is 0 Å². The highest BCUT2D eigenvalue weighted by atomic mass is 35.5. The van der Waals surface area contributed by atoms with Crippen LogP contribution < -0.4 is 10.6 Å². The fourth-order valence-corrected chi connectivity index (χ4v) is 2.21. The first kappa shape index (κ1) is 16.7. The molecular formula is C18H15ClN4O2. The van der Waals surface area contributed by atoms with Gasteiger partial charge in [-0.05, 0) is 43.3 Å². The number of benzene rings is 1. The van der Waals surface area contributed by atoms with Gasteiger partial charge in [-0.3, -0.25) is 9.78 Å². The van der Waals surface area contributed by atoms with Gasteiger partial charge in [-0.15, -0.1) is 0 Å². The van der Waals surface area contributed by atoms with Crippen LogP contribution in [0.1, 0.15) is 11.5 Å². The summed E-state index contributed by atoms with van der Waals surface area (Å²) in [6, 6.07) is 12.2. The number of hydrogen-bond acceptors (Lipinski definition) is 5. The van der Waals surface area contributed by atoms with Gasteiger partial charge in [-0.2, -0.15) is 0 Å². The lowest BCUT2D eigenvalue weighted by atomic mass is 10.1. The number of aromatic nitrogens is 2. The van der Waals surface area contributed by atoms with Gasteiger partial charge in [0.1, 0.15) is 11.5 Å². The van der Waals surface area contributed by atoms with Crippen molar-refractivity contribution in [2.75, 3.05) is 10.6 Å². The van der Waals surface area contributed by atoms with Crippen molar-refractivity contribution in [3.05, 3.63) is 77.5 Å². The molecule has 0 saturated carbocycles. The van der Waals surface area contributed by atoms with E-state index in [1.54, 1.807) is 61.9 Å². The molecule has 2 heterocycles. The van der Waals surface area contributed by atoms with Crippen molar-refractivity contribution in [2.24, 2.45) is 0 Å². The van der Waals surface area contributed by atoms with Crippen LogP contribution in [0.3, 0.4) is 0 Å². The molecular weight excluding hydrogens is 340 g/mol. The van der Waals surface area contributed by atoms with Crippen LogP contribution in [-0.2, 0) is 4.79 Å². The molecule has 7 heteroatoms. The standard InChI is InChI=1S/C18H15ClN4O2/c1-12-9-17(23-25-12)16(11-21-15-3-2-8-20-10-15)18(24)22-14-6-4-13(19)5-7-14/h2-11,21H,1H3,(H,22,24). The first-order valence-corrected chi connectivity index (χ1v) is 7.87. The maximum Gasteiger partial charge on any atom is 0.259 e. The topological polar surface area (TPSA) is 80.0 Å². The lowest BCUT2D eigenvalue weighted by Gasteiger charge is -2.08. The van der Waals surface area contributed by atoms with Crippen LogP contribution >= 0.6 is 11.6 Å². The van der Waals surface area contributed by atoms with Crippen LogP contribution in [0.25, 0.3) is 5.57 Å². The minimum absolute atomic E-state index is 0.327. The van der Waals surface area contributed by atoms with Crippen molar-refractivity contribution >= 4 is 34.5 Å². The molecule has 3 aromatic rings. The molecule has 0 aliphatic carbocycles. The molecule has 1 aromatic carbocycles. The fraction of sp³-hybridized carbons (Fsp3) is 0.0556. The zero-order chi connectivity index (χ0) is 17.6. The van der Waals surface area contributed by atoms with Gasteiger partial charge in [0.15, 0.2) is 0 Å². The molecule has 0 atom stereocenters. The third-order valence-electron chi connectivity index (χ3n) is 3.30. The van der Waals surface area contributed by atoms with Crippen LogP contribution in [0.2, 0.25) is 5.02 Å². The van der Waals surface area contributed by atoms with E-state index in [-0.39, 0.29) is 5.91 Å². The fourth-order valence-electron chi connectivity index (χ4n) is 2.08. The summed E-state index contributed by atoms with van der Waals surface area (Å²) in [6.07, 6.45) is 4.89. The number of anilines is 2. The van der Waals surface area contributed by atoms with Gasteiger partial charge in [0.25, 0.3) is 5.91 Å². The molecule has 0 bridgehead atoms. The highest BCUT2D eigenvalue weighted by Crippen LogP contribution is 2.19.